The number of nitrogens with zero attached hydrogens (tertiary/aromatic N) is 1. The molecule has 186 valence electrons. The molecule has 0 atom stereocenters. The summed E-state index contributed by atoms with van der Waals surface area (Å²) < 4.78 is 0. The van der Waals surface area contributed by atoms with Crippen LogP contribution in [0.5, 0.6) is 0 Å². The molecule has 0 bridgehead atoms. The molecule has 0 unspecified atom stereocenters. The molecule has 7 rings (SSSR count). The van der Waals surface area contributed by atoms with Crippen LogP contribution in [-0.2, 0) is 12.8 Å². The molecule has 1 nitrogen and oxygen atoms in total. The third-order valence-electron chi connectivity index (χ3n) is 8.41. The Labute approximate surface area is 224 Å². The fraction of sp³-hybridized carbons (Fsp3) is 0.343. The van der Waals surface area contributed by atoms with Gasteiger partial charge in [-0.2, -0.15) is 0 Å². The van der Waals surface area contributed by atoms with Gasteiger partial charge in [0.15, 0.2) is 0 Å². The highest BCUT2D eigenvalue weighted by molar-refractivity contribution is 8.00. The van der Waals surface area contributed by atoms with E-state index in [9.17, 15) is 0 Å². The average Bonchev–Trinajstić information content (AvgIpc) is 3.36. The van der Waals surface area contributed by atoms with Crippen LogP contribution in [0, 0.1) is 18.3 Å². The standard InChI is InChI=1S/C35H35NS/c1-21-9-11-27-24(15-21)18-29-33-32-28(13-14-36-33)26-12-10-23(16-22-7-5-6-8-22)17-25(26)19-31(32)37-34(29)30(27)20-35(2,3)4/h9-15,17-19,22H,5-8,16,20H2,1-4H3. The van der Waals surface area contributed by atoms with Crippen molar-refractivity contribution in [2.75, 3.05) is 0 Å². The first-order valence-corrected chi connectivity index (χ1v) is 14.7. The fourth-order valence-electron chi connectivity index (χ4n) is 6.78. The highest BCUT2D eigenvalue weighted by atomic mass is 32.2. The first-order valence-electron chi connectivity index (χ1n) is 13.9. The maximum atomic E-state index is 5.03. The molecule has 0 amide bonds. The van der Waals surface area contributed by atoms with Gasteiger partial charge in [0.1, 0.15) is 0 Å². The van der Waals surface area contributed by atoms with Crippen molar-refractivity contribution in [1.82, 2.24) is 4.98 Å². The molecule has 0 saturated heterocycles. The predicted octanol–water partition coefficient (Wildman–Crippen LogP) is 10.3. The lowest BCUT2D eigenvalue weighted by Gasteiger charge is -2.27. The van der Waals surface area contributed by atoms with E-state index in [1.807, 2.05) is 18.0 Å². The Balaban J connectivity index is 1.46. The molecule has 1 fully saturated rings. The van der Waals surface area contributed by atoms with Crippen LogP contribution in [0.1, 0.15) is 63.1 Å². The SMILES string of the molecule is Cc1ccc2c(CC(C)(C)C)c3c(cc2c1)-c1nccc2c1c(cc1cc(CC4CCCC4)ccc12)S3. The maximum Gasteiger partial charge on any atom is 0.0803 e. The minimum absolute atomic E-state index is 0.200. The summed E-state index contributed by atoms with van der Waals surface area (Å²) in [6.45, 7) is 9.25. The molecule has 37 heavy (non-hydrogen) atoms. The summed E-state index contributed by atoms with van der Waals surface area (Å²) in [5.74, 6) is 0.866. The van der Waals surface area contributed by atoms with Crippen LogP contribution in [0.25, 0.3) is 43.6 Å². The summed E-state index contributed by atoms with van der Waals surface area (Å²) in [5.41, 5.74) is 6.94. The molecule has 1 aromatic heterocycles. The molecule has 0 N–H and O–H groups in total. The summed E-state index contributed by atoms with van der Waals surface area (Å²) in [5, 5.41) is 8.11. The number of aryl methyl sites for hydroxylation is 1. The zero-order valence-corrected chi connectivity index (χ0v) is 23.3. The Hall–Kier alpha value is -2.84. The van der Waals surface area contributed by atoms with E-state index in [2.05, 4.69) is 82.3 Å². The number of rotatable bonds is 3. The lowest BCUT2D eigenvalue weighted by molar-refractivity contribution is 0.410. The molecule has 0 spiro atoms. The van der Waals surface area contributed by atoms with Crippen LogP contribution in [-0.4, -0.2) is 4.98 Å². The smallest absolute Gasteiger partial charge is 0.0803 e. The van der Waals surface area contributed by atoms with Crippen molar-refractivity contribution in [3.05, 3.63) is 77.5 Å². The normalized spacial score (nSPS) is 15.7. The Morgan fingerprint density at radius 3 is 2.46 bits per heavy atom. The summed E-state index contributed by atoms with van der Waals surface area (Å²) in [7, 11) is 0. The van der Waals surface area contributed by atoms with Crippen LogP contribution < -0.4 is 0 Å². The molecule has 5 aromatic rings. The minimum Gasteiger partial charge on any atom is -0.256 e. The van der Waals surface area contributed by atoms with Gasteiger partial charge >= 0.3 is 0 Å². The zero-order chi connectivity index (χ0) is 25.3. The van der Waals surface area contributed by atoms with Gasteiger partial charge < -0.3 is 0 Å². The van der Waals surface area contributed by atoms with E-state index in [1.165, 1.54) is 96.5 Å². The van der Waals surface area contributed by atoms with Crippen molar-refractivity contribution in [2.24, 2.45) is 11.3 Å². The number of fused-ring (bicyclic) bond motifs is 5. The van der Waals surface area contributed by atoms with Crippen LogP contribution in [0.3, 0.4) is 0 Å². The monoisotopic (exact) mass is 501 g/mol. The quantitative estimate of drug-likeness (QED) is 0.224. The second-order valence-corrected chi connectivity index (χ2v) is 13.7. The first-order chi connectivity index (χ1) is 17.8. The van der Waals surface area contributed by atoms with E-state index in [0.717, 1.165) is 18.0 Å². The molecule has 1 aliphatic carbocycles. The number of hydrogen-bond acceptors (Lipinski definition) is 2. The first kappa shape index (κ1) is 23.3. The van der Waals surface area contributed by atoms with Gasteiger partial charge in [0.25, 0.3) is 0 Å². The van der Waals surface area contributed by atoms with Crippen molar-refractivity contribution in [1.29, 1.82) is 0 Å². The minimum atomic E-state index is 0.200. The Morgan fingerprint density at radius 1 is 0.865 bits per heavy atom. The van der Waals surface area contributed by atoms with Gasteiger partial charge in [-0.05, 0) is 87.4 Å². The van der Waals surface area contributed by atoms with E-state index >= 15 is 0 Å². The van der Waals surface area contributed by atoms with Crippen LogP contribution in [0.2, 0.25) is 0 Å². The second kappa shape index (κ2) is 8.60. The lowest BCUT2D eigenvalue weighted by atomic mass is 9.84. The lowest BCUT2D eigenvalue weighted by Crippen LogP contribution is -2.12. The van der Waals surface area contributed by atoms with Gasteiger partial charge in [0.2, 0.25) is 0 Å². The van der Waals surface area contributed by atoms with Crippen molar-refractivity contribution < 1.29 is 0 Å². The topological polar surface area (TPSA) is 12.9 Å². The largest absolute Gasteiger partial charge is 0.256 e. The fourth-order valence-corrected chi connectivity index (χ4v) is 8.06. The summed E-state index contributed by atoms with van der Waals surface area (Å²) in [6.07, 6.45) is 9.90. The molecular weight excluding hydrogens is 466 g/mol. The van der Waals surface area contributed by atoms with Crippen LogP contribution in [0.4, 0.5) is 0 Å². The Morgan fingerprint density at radius 2 is 1.65 bits per heavy atom. The van der Waals surface area contributed by atoms with Crippen molar-refractivity contribution in [3.63, 3.8) is 0 Å². The molecule has 1 saturated carbocycles. The summed E-state index contributed by atoms with van der Waals surface area (Å²) in [4.78, 5) is 7.79. The van der Waals surface area contributed by atoms with Gasteiger partial charge in [0, 0.05) is 26.9 Å². The number of aromatic nitrogens is 1. The summed E-state index contributed by atoms with van der Waals surface area (Å²) >= 11 is 1.97. The zero-order valence-electron chi connectivity index (χ0n) is 22.4. The highest BCUT2D eigenvalue weighted by Crippen LogP contribution is 2.52. The van der Waals surface area contributed by atoms with Gasteiger partial charge in [-0.1, -0.05) is 100 Å². The van der Waals surface area contributed by atoms with E-state index in [1.54, 1.807) is 0 Å². The van der Waals surface area contributed by atoms with Crippen molar-refractivity contribution in [2.45, 2.75) is 76.0 Å². The average molecular weight is 502 g/mol. The molecule has 4 aromatic carbocycles. The number of benzene rings is 4. The third kappa shape index (κ3) is 4.05. The van der Waals surface area contributed by atoms with Gasteiger partial charge in [-0.15, -0.1) is 0 Å². The molecule has 2 aliphatic rings. The van der Waals surface area contributed by atoms with Crippen LogP contribution >= 0.6 is 11.8 Å². The Kier molecular flexibility index (Phi) is 5.41. The molecule has 0 radical (unpaired) electrons. The highest BCUT2D eigenvalue weighted by Gasteiger charge is 2.27. The number of pyridine rings is 1. The predicted molar refractivity (Wildman–Crippen MR) is 160 cm³/mol. The van der Waals surface area contributed by atoms with E-state index in [0.29, 0.717) is 0 Å². The summed E-state index contributed by atoms with van der Waals surface area (Å²) in [6, 6.07) is 21.3. The van der Waals surface area contributed by atoms with Crippen LogP contribution in [0.15, 0.2) is 70.6 Å². The van der Waals surface area contributed by atoms with Crippen molar-refractivity contribution in [3.8, 4) is 11.3 Å². The van der Waals surface area contributed by atoms with Crippen molar-refractivity contribution >= 4 is 44.1 Å². The van der Waals surface area contributed by atoms with Gasteiger partial charge in [0.05, 0.1) is 5.69 Å². The van der Waals surface area contributed by atoms with E-state index in [-0.39, 0.29) is 5.41 Å². The van der Waals surface area contributed by atoms with Gasteiger partial charge in [-0.3, -0.25) is 4.98 Å². The van der Waals surface area contributed by atoms with E-state index < -0.39 is 0 Å². The molecule has 1 aliphatic heterocycles. The number of hydrogen-bond donors (Lipinski definition) is 0. The Bertz CT molecular complexity index is 1700. The van der Waals surface area contributed by atoms with E-state index in [4.69, 9.17) is 4.98 Å². The second-order valence-electron chi connectivity index (χ2n) is 12.7. The van der Waals surface area contributed by atoms with Gasteiger partial charge in [-0.25, -0.2) is 0 Å². The third-order valence-corrected chi connectivity index (χ3v) is 9.63. The molecule has 2 heteroatoms. The maximum absolute atomic E-state index is 5.03. The molecular formula is C35H35NS. The molecule has 2 heterocycles.